The molecule has 0 saturated carbocycles. The van der Waals surface area contributed by atoms with Crippen LogP contribution >= 0.6 is 0 Å². The summed E-state index contributed by atoms with van der Waals surface area (Å²) in [4.78, 5) is 39.2. The minimum Gasteiger partial charge on any atom is -0.296 e. The largest absolute Gasteiger partial charge is 0.296 e. The molecule has 0 atom stereocenters. The zero-order valence-corrected chi connectivity index (χ0v) is 24.6. The summed E-state index contributed by atoms with van der Waals surface area (Å²) in [5, 5.41) is 10.9. The van der Waals surface area contributed by atoms with E-state index >= 15 is 0 Å². The van der Waals surface area contributed by atoms with Gasteiger partial charge in [-0.2, -0.15) is 0 Å². The van der Waals surface area contributed by atoms with Crippen molar-refractivity contribution in [1.29, 1.82) is 5.41 Å². The highest BCUT2D eigenvalue weighted by molar-refractivity contribution is 6.14. The summed E-state index contributed by atoms with van der Waals surface area (Å²) in [6.07, 6.45) is 23.8. The third-order valence-electron chi connectivity index (χ3n) is 6.98. The molecule has 0 aliphatic heterocycles. The lowest BCUT2D eigenvalue weighted by molar-refractivity contribution is -0.140. The van der Waals surface area contributed by atoms with E-state index in [1.807, 2.05) is 0 Å². The van der Waals surface area contributed by atoms with Crippen molar-refractivity contribution in [2.45, 2.75) is 175 Å². The van der Waals surface area contributed by atoms with Crippen LogP contribution in [0, 0.1) is 5.41 Å². The molecule has 6 heteroatoms. The van der Waals surface area contributed by atoms with Crippen molar-refractivity contribution in [2.24, 2.45) is 0 Å². The van der Waals surface area contributed by atoms with Gasteiger partial charge in [-0.1, -0.05) is 136 Å². The molecule has 0 aromatic heterocycles. The molecule has 2 N–H and O–H groups in total. The third-order valence-corrected chi connectivity index (χ3v) is 6.98. The minimum absolute atomic E-state index is 0.243. The van der Waals surface area contributed by atoms with Crippen molar-refractivity contribution >= 4 is 23.7 Å². The summed E-state index contributed by atoms with van der Waals surface area (Å²) in [5.74, 6) is -1.37. The van der Waals surface area contributed by atoms with E-state index in [9.17, 15) is 14.4 Å². The molecule has 0 bridgehead atoms. The molecule has 0 rings (SSSR count). The van der Waals surface area contributed by atoms with Crippen LogP contribution in [0.25, 0.3) is 0 Å². The van der Waals surface area contributed by atoms with E-state index in [-0.39, 0.29) is 36.5 Å². The van der Waals surface area contributed by atoms with E-state index in [0.29, 0.717) is 19.3 Å². The number of imide groups is 1. The normalized spacial score (nSPS) is 10.9. The quantitative estimate of drug-likeness (QED) is 0.0755. The molecule has 37 heavy (non-hydrogen) atoms. The molecule has 3 amide bonds. The Kier molecular flexibility index (Phi) is 24.7. The molecule has 0 unspecified atom stereocenters. The molecule has 0 radical (unpaired) electrons. The second kappa shape index (κ2) is 25.9. The monoisotopic (exact) mass is 521 g/mol. The van der Waals surface area contributed by atoms with Crippen LogP contribution in [0.5, 0.6) is 0 Å². The number of carbonyl (C=O) groups is 3. The second-order valence-corrected chi connectivity index (χ2v) is 10.6. The predicted octanol–water partition coefficient (Wildman–Crippen LogP) is 8.81. The first-order valence-electron chi connectivity index (χ1n) is 15.7. The minimum atomic E-state index is -0.367. The van der Waals surface area contributed by atoms with Gasteiger partial charge >= 0.3 is 0 Å². The SMILES string of the molecule is CCCCCCCCCC(=O)NC(=N)N(C(=O)CCCCCCCCC)C(=O)CCCCCCCCC. The van der Waals surface area contributed by atoms with Crippen molar-refractivity contribution in [3.05, 3.63) is 0 Å². The molecule has 6 nitrogen and oxygen atoms in total. The summed E-state index contributed by atoms with van der Waals surface area (Å²) in [6, 6.07) is 0. The van der Waals surface area contributed by atoms with E-state index in [1.165, 1.54) is 77.0 Å². The Morgan fingerprint density at radius 2 is 0.784 bits per heavy atom. The topological polar surface area (TPSA) is 90.3 Å². The zero-order chi connectivity index (χ0) is 27.6. The molecule has 0 saturated heterocycles. The van der Waals surface area contributed by atoms with E-state index in [0.717, 1.165) is 49.8 Å². The summed E-state index contributed by atoms with van der Waals surface area (Å²) in [7, 11) is 0. The van der Waals surface area contributed by atoms with Gasteiger partial charge in [-0.05, 0) is 19.3 Å². The van der Waals surface area contributed by atoms with Crippen LogP contribution in [-0.2, 0) is 14.4 Å². The predicted molar refractivity (Wildman–Crippen MR) is 156 cm³/mol. The van der Waals surface area contributed by atoms with Gasteiger partial charge in [-0.25, -0.2) is 4.90 Å². The first kappa shape index (κ1) is 35.3. The highest BCUT2D eigenvalue weighted by Gasteiger charge is 2.26. The molecule has 0 aromatic carbocycles. The summed E-state index contributed by atoms with van der Waals surface area (Å²) in [5.41, 5.74) is 0. The van der Waals surface area contributed by atoms with Crippen molar-refractivity contribution in [3.8, 4) is 0 Å². The van der Waals surface area contributed by atoms with Crippen LogP contribution in [0.3, 0.4) is 0 Å². The summed E-state index contributed by atoms with van der Waals surface area (Å²) < 4.78 is 0. The van der Waals surface area contributed by atoms with Crippen LogP contribution in [-0.4, -0.2) is 28.6 Å². The fourth-order valence-electron chi connectivity index (χ4n) is 4.57. The van der Waals surface area contributed by atoms with E-state index in [1.54, 1.807) is 0 Å². The Bertz CT molecular complexity index is 577. The molecule has 0 spiro atoms. The highest BCUT2D eigenvalue weighted by Crippen LogP contribution is 2.13. The first-order valence-corrected chi connectivity index (χ1v) is 15.7. The molecule has 0 aliphatic rings. The lowest BCUT2D eigenvalue weighted by atomic mass is 10.1. The number of guanidine groups is 1. The number of hydrogen-bond donors (Lipinski definition) is 2. The highest BCUT2D eigenvalue weighted by atomic mass is 16.2. The first-order chi connectivity index (χ1) is 18.0. The van der Waals surface area contributed by atoms with E-state index < -0.39 is 0 Å². The Hall–Kier alpha value is -1.72. The molecule has 0 aliphatic carbocycles. The lowest BCUT2D eigenvalue weighted by Crippen LogP contribution is -2.49. The van der Waals surface area contributed by atoms with Gasteiger partial charge in [0.1, 0.15) is 0 Å². The van der Waals surface area contributed by atoms with Gasteiger partial charge in [0.05, 0.1) is 0 Å². The maximum atomic E-state index is 12.9. The average molecular weight is 522 g/mol. The maximum absolute atomic E-state index is 12.9. The van der Waals surface area contributed by atoms with Crippen LogP contribution in [0.2, 0.25) is 0 Å². The van der Waals surface area contributed by atoms with Gasteiger partial charge in [0.15, 0.2) is 0 Å². The lowest BCUT2D eigenvalue weighted by Gasteiger charge is -2.22. The molecular formula is C31H59N3O3. The third kappa shape index (κ3) is 21.0. The molecular weight excluding hydrogens is 462 g/mol. The number of hydrogen-bond acceptors (Lipinski definition) is 4. The van der Waals surface area contributed by atoms with Crippen molar-refractivity contribution < 1.29 is 14.4 Å². The number of amides is 3. The van der Waals surface area contributed by atoms with Crippen molar-refractivity contribution in [3.63, 3.8) is 0 Å². The fraction of sp³-hybridized carbons (Fsp3) is 0.871. The smallest absolute Gasteiger partial charge is 0.236 e. The summed E-state index contributed by atoms with van der Waals surface area (Å²) >= 11 is 0. The van der Waals surface area contributed by atoms with Crippen molar-refractivity contribution in [1.82, 2.24) is 10.2 Å². The van der Waals surface area contributed by atoms with Gasteiger partial charge in [0.25, 0.3) is 0 Å². The van der Waals surface area contributed by atoms with Gasteiger partial charge in [0, 0.05) is 19.3 Å². The van der Waals surface area contributed by atoms with Gasteiger partial charge < -0.3 is 0 Å². The standard InChI is InChI=1S/C31H59N3O3/c1-4-7-10-13-16-19-22-25-28(35)33-31(32)34(29(36)26-23-20-17-14-11-8-5-2)30(37)27-24-21-18-15-12-9-6-3/h4-27H2,1-3H3,(H2,32,33,35). The average Bonchev–Trinajstić information content (AvgIpc) is 2.87. The molecule has 216 valence electrons. The van der Waals surface area contributed by atoms with Crippen molar-refractivity contribution in [2.75, 3.05) is 0 Å². The zero-order valence-electron chi connectivity index (χ0n) is 24.6. The van der Waals surface area contributed by atoms with E-state index in [2.05, 4.69) is 26.1 Å². The molecule has 0 aromatic rings. The second-order valence-electron chi connectivity index (χ2n) is 10.6. The number of rotatable bonds is 24. The maximum Gasteiger partial charge on any atom is 0.236 e. The molecule has 0 fully saturated rings. The van der Waals surface area contributed by atoms with Crippen LogP contribution in [0.15, 0.2) is 0 Å². The number of carbonyl (C=O) groups excluding carboxylic acids is 3. The fourth-order valence-corrected chi connectivity index (χ4v) is 4.57. The van der Waals surface area contributed by atoms with Gasteiger partial charge in [-0.3, -0.25) is 25.1 Å². The summed E-state index contributed by atoms with van der Waals surface area (Å²) in [6.45, 7) is 6.58. The van der Waals surface area contributed by atoms with Crippen LogP contribution < -0.4 is 5.32 Å². The van der Waals surface area contributed by atoms with Crippen LogP contribution in [0.1, 0.15) is 175 Å². The Balaban J connectivity index is 4.63. The van der Waals surface area contributed by atoms with E-state index in [4.69, 9.17) is 5.41 Å². The Morgan fingerprint density at radius 3 is 1.14 bits per heavy atom. The number of nitrogens with one attached hydrogen (secondary N) is 2. The Labute approximate surface area is 228 Å². The van der Waals surface area contributed by atoms with Crippen LogP contribution in [0.4, 0.5) is 0 Å². The Morgan fingerprint density at radius 1 is 0.486 bits per heavy atom. The number of unbranched alkanes of at least 4 members (excludes halogenated alkanes) is 18. The van der Waals surface area contributed by atoms with Gasteiger partial charge in [0.2, 0.25) is 23.7 Å². The van der Waals surface area contributed by atoms with Gasteiger partial charge in [-0.15, -0.1) is 0 Å². The number of nitrogens with zero attached hydrogens (tertiary/aromatic N) is 1. The molecule has 0 heterocycles.